The van der Waals surface area contributed by atoms with Crippen LogP contribution >= 0.6 is 11.8 Å². The summed E-state index contributed by atoms with van der Waals surface area (Å²) in [5.41, 5.74) is 5.74. The zero-order valence-corrected chi connectivity index (χ0v) is 13.1. The molecule has 3 N–H and O–H groups in total. The molecular formula is C15H28N2OS. The molecule has 0 aliphatic heterocycles. The summed E-state index contributed by atoms with van der Waals surface area (Å²) in [5.74, 6) is 1.85. The van der Waals surface area contributed by atoms with E-state index in [0.717, 1.165) is 37.4 Å². The van der Waals surface area contributed by atoms with E-state index in [4.69, 9.17) is 5.73 Å². The van der Waals surface area contributed by atoms with Crippen LogP contribution in [0.25, 0.3) is 0 Å². The molecule has 2 aliphatic carbocycles. The average molecular weight is 284 g/mol. The van der Waals surface area contributed by atoms with Crippen LogP contribution in [0.4, 0.5) is 0 Å². The van der Waals surface area contributed by atoms with Gasteiger partial charge in [0, 0.05) is 11.3 Å². The number of carbonyl (C=O) groups excluding carboxylic acids is 1. The normalized spacial score (nSPS) is 39.2. The first-order valence-electron chi connectivity index (χ1n) is 7.75. The Balaban J connectivity index is 1.84. The van der Waals surface area contributed by atoms with E-state index >= 15 is 0 Å². The standard InChI is InChI=1S/C15H28N2OS/c1-3-19-13-7-6-12(9-13)17-14(18)15(16)8-4-5-11(2)10-15/h11-13H,3-10,16H2,1-2H3,(H,17,18). The van der Waals surface area contributed by atoms with Crippen LogP contribution in [-0.4, -0.2) is 28.5 Å². The number of hydrogen-bond donors (Lipinski definition) is 2. The molecule has 0 heterocycles. The maximum atomic E-state index is 12.4. The van der Waals surface area contributed by atoms with Gasteiger partial charge in [-0.15, -0.1) is 0 Å². The van der Waals surface area contributed by atoms with Gasteiger partial charge >= 0.3 is 0 Å². The minimum absolute atomic E-state index is 0.103. The highest BCUT2D eigenvalue weighted by Crippen LogP contribution is 2.33. The van der Waals surface area contributed by atoms with Gasteiger partial charge in [-0.25, -0.2) is 0 Å². The summed E-state index contributed by atoms with van der Waals surface area (Å²) in [7, 11) is 0. The van der Waals surface area contributed by atoms with Crippen molar-refractivity contribution < 1.29 is 4.79 Å². The Hall–Kier alpha value is -0.220. The van der Waals surface area contributed by atoms with Crippen LogP contribution in [0.5, 0.6) is 0 Å². The summed E-state index contributed by atoms with van der Waals surface area (Å²) in [6.45, 7) is 4.41. The first-order chi connectivity index (χ1) is 9.03. The van der Waals surface area contributed by atoms with Crippen LogP contribution in [0.2, 0.25) is 0 Å². The molecule has 110 valence electrons. The van der Waals surface area contributed by atoms with Crippen molar-refractivity contribution in [2.75, 3.05) is 5.75 Å². The number of hydrogen-bond acceptors (Lipinski definition) is 3. The van der Waals surface area contributed by atoms with E-state index in [2.05, 4.69) is 19.2 Å². The Morgan fingerprint density at radius 3 is 2.89 bits per heavy atom. The lowest BCUT2D eigenvalue weighted by atomic mass is 9.76. The largest absolute Gasteiger partial charge is 0.352 e. The first kappa shape index (κ1) is 15.2. The third-order valence-corrected chi connectivity index (χ3v) is 5.84. The third-order valence-electron chi connectivity index (χ3n) is 4.61. The Morgan fingerprint density at radius 1 is 1.42 bits per heavy atom. The number of nitrogens with one attached hydrogen (secondary N) is 1. The molecule has 2 rings (SSSR count). The van der Waals surface area contributed by atoms with E-state index in [1.165, 1.54) is 18.6 Å². The fourth-order valence-corrected chi connectivity index (χ4v) is 4.73. The Kier molecular flexibility index (Phi) is 5.18. The Labute approximate surface area is 121 Å². The minimum Gasteiger partial charge on any atom is -0.352 e. The van der Waals surface area contributed by atoms with Gasteiger partial charge in [-0.1, -0.05) is 26.7 Å². The molecule has 2 aliphatic rings. The predicted molar refractivity (Wildman–Crippen MR) is 82.3 cm³/mol. The molecule has 0 aromatic carbocycles. The second-order valence-corrected chi connectivity index (χ2v) is 8.00. The summed E-state index contributed by atoms with van der Waals surface area (Å²) in [6, 6.07) is 0.356. The summed E-state index contributed by atoms with van der Waals surface area (Å²) < 4.78 is 0. The third kappa shape index (κ3) is 3.88. The van der Waals surface area contributed by atoms with Gasteiger partial charge in [0.1, 0.15) is 0 Å². The molecule has 0 spiro atoms. The number of rotatable bonds is 4. The molecule has 2 saturated carbocycles. The molecule has 4 heteroatoms. The molecule has 0 radical (unpaired) electrons. The van der Waals surface area contributed by atoms with Gasteiger partial charge in [0.2, 0.25) is 5.91 Å². The van der Waals surface area contributed by atoms with E-state index in [1.54, 1.807) is 0 Å². The van der Waals surface area contributed by atoms with Crippen LogP contribution < -0.4 is 11.1 Å². The van der Waals surface area contributed by atoms with Gasteiger partial charge in [-0.05, 0) is 43.8 Å². The molecule has 19 heavy (non-hydrogen) atoms. The van der Waals surface area contributed by atoms with Crippen molar-refractivity contribution in [2.24, 2.45) is 11.7 Å². The lowest BCUT2D eigenvalue weighted by molar-refractivity contribution is -0.128. The zero-order chi connectivity index (χ0) is 13.9. The fraction of sp³-hybridized carbons (Fsp3) is 0.933. The van der Waals surface area contributed by atoms with Crippen LogP contribution in [0, 0.1) is 5.92 Å². The second kappa shape index (κ2) is 6.49. The van der Waals surface area contributed by atoms with Crippen LogP contribution in [0.3, 0.4) is 0 Å². The van der Waals surface area contributed by atoms with Gasteiger partial charge in [0.15, 0.2) is 0 Å². The smallest absolute Gasteiger partial charge is 0.240 e. The molecule has 0 bridgehead atoms. The zero-order valence-electron chi connectivity index (χ0n) is 12.3. The van der Waals surface area contributed by atoms with Crippen molar-refractivity contribution in [3.05, 3.63) is 0 Å². The van der Waals surface area contributed by atoms with Gasteiger partial charge in [0.05, 0.1) is 5.54 Å². The van der Waals surface area contributed by atoms with Crippen LogP contribution in [-0.2, 0) is 4.79 Å². The fourth-order valence-electron chi connectivity index (χ4n) is 3.59. The van der Waals surface area contributed by atoms with E-state index in [1.807, 2.05) is 11.8 Å². The maximum absolute atomic E-state index is 12.4. The Bertz CT molecular complexity index is 323. The number of amides is 1. The highest BCUT2D eigenvalue weighted by Gasteiger charge is 2.39. The van der Waals surface area contributed by atoms with Crippen LogP contribution in [0.15, 0.2) is 0 Å². The molecule has 3 nitrogen and oxygen atoms in total. The molecule has 0 aromatic heterocycles. The maximum Gasteiger partial charge on any atom is 0.240 e. The van der Waals surface area contributed by atoms with Crippen molar-refractivity contribution in [2.45, 2.75) is 75.6 Å². The molecule has 2 fully saturated rings. The molecule has 4 atom stereocenters. The molecule has 0 saturated heterocycles. The summed E-state index contributed by atoms with van der Waals surface area (Å²) in [6.07, 6.45) is 7.47. The number of nitrogens with two attached hydrogens (primary N) is 1. The van der Waals surface area contributed by atoms with Crippen molar-refractivity contribution in [1.29, 1.82) is 0 Å². The number of carbonyl (C=O) groups is 1. The van der Waals surface area contributed by atoms with E-state index < -0.39 is 5.54 Å². The summed E-state index contributed by atoms with van der Waals surface area (Å²) in [4.78, 5) is 12.4. The number of thioether (sulfide) groups is 1. The lowest BCUT2D eigenvalue weighted by Gasteiger charge is -2.36. The minimum atomic E-state index is -0.604. The Morgan fingerprint density at radius 2 is 2.21 bits per heavy atom. The monoisotopic (exact) mass is 284 g/mol. The van der Waals surface area contributed by atoms with E-state index in [0.29, 0.717) is 12.0 Å². The summed E-state index contributed by atoms with van der Waals surface area (Å²) >= 11 is 2.02. The van der Waals surface area contributed by atoms with Crippen molar-refractivity contribution in [1.82, 2.24) is 5.32 Å². The van der Waals surface area contributed by atoms with Gasteiger partial charge in [0.25, 0.3) is 0 Å². The predicted octanol–water partition coefficient (Wildman–Crippen LogP) is 2.68. The topological polar surface area (TPSA) is 55.1 Å². The van der Waals surface area contributed by atoms with E-state index in [-0.39, 0.29) is 5.91 Å². The van der Waals surface area contributed by atoms with Gasteiger partial charge in [-0.2, -0.15) is 11.8 Å². The van der Waals surface area contributed by atoms with Crippen molar-refractivity contribution >= 4 is 17.7 Å². The van der Waals surface area contributed by atoms with Gasteiger partial charge in [-0.3, -0.25) is 4.79 Å². The highest BCUT2D eigenvalue weighted by molar-refractivity contribution is 7.99. The second-order valence-electron chi connectivity index (χ2n) is 6.42. The lowest BCUT2D eigenvalue weighted by Crippen LogP contribution is -2.57. The summed E-state index contributed by atoms with van der Waals surface area (Å²) in [5, 5.41) is 3.95. The van der Waals surface area contributed by atoms with Crippen molar-refractivity contribution in [3.8, 4) is 0 Å². The SMILES string of the molecule is CCSC1CCC(NC(=O)C2(N)CCCC(C)C2)C1. The van der Waals surface area contributed by atoms with Crippen molar-refractivity contribution in [3.63, 3.8) is 0 Å². The quantitative estimate of drug-likeness (QED) is 0.834. The average Bonchev–Trinajstić information content (AvgIpc) is 2.77. The van der Waals surface area contributed by atoms with E-state index in [9.17, 15) is 4.79 Å². The molecular weight excluding hydrogens is 256 g/mol. The molecule has 0 aromatic rings. The molecule has 1 amide bonds. The van der Waals surface area contributed by atoms with Gasteiger partial charge < -0.3 is 11.1 Å². The molecule has 4 unspecified atom stereocenters. The highest BCUT2D eigenvalue weighted by atomic mass is 32.2. The van der Waals surface area contributed by atoms with Crippen LogP contribution in [0.1, 0.15) is 58.8 Å². The first-order valence-corrected chi connectivity index (χ1v) is 8.80.